The molecule has 2 aromatic rings. The first-order valence-corrected chi connectivity index (χ1v) is 6.19. The van der Waals surface area contributed by atoms with Crippen molar-refractivity contribution < 1.29 is 9.90 Å². The average molecular weight is 260 g/mol. The monoisotopic (exact) mass is 260 g/mol. The highest BCUT2D eigenvalue weighted by Gasteiger charge is 2.13. The van der Waals surface area contributed by atoms with Crippen LogP contribution in [0.4, 0.5) is 0 Å². The van der Waals surface area contributed by atoms with Gasteiger partial charge in [0.05, 0.1) is 12.6 Å². The summed E-state index contributed by atoms with van der Waals surface area (Å²) in [6.45, 7) is 1.74. The number of pyridine rings is 1. The zero-order valence-electron chi connectivity index (χ0n) is 10.6. The van der Waals surface area contributed by atoms with Gasteiger partial charge in [-0.2, -0.15) is 0 Å². The van der Waals surface area contributed by atoms with Gasteiger partial charge in [-0.1, -0.05) is 19.1 Å². The smallest absolute Gasteiger partial charge is 0.268 e. The van der Waals surface area contributed by atoms with E-state index in [4.69, 9.17) is 5.11 Å². The van der Waals surface area contributed by atoms with Crippen molar-refractivity contribution >= 4 is 16.8 Å². The first-order chi connectivity index (χ1) is 9.15. The van der Waals surface area contributed by atoms with E-state index in [-0.39, 0.29) is 29.7 Å². The lowest BCUT2D eigenvalue weighted by Gasteiger charge is -2.14. The van der Waals surface area contributed by atoms with Gasteiger partial charge in [0, 0.05) is 17.0 Å². The maximum atomic E-state index is 12.0. The number of aliphatic hydroxyl groups excluding tert-OH is 1. The van der Waals surface area contributed by atoms with Crippen molar-refractivity contribution in [1.82, 2.24) is 10.3 Å². The second-order valence-electron chi connectivity index (χ2n) is 4.35. The number of hydrogen-bond donors (Lipinski definition) is 3. The molecule has 0 radical (unpaired) electrons. The quantitative estimate of drug-likeness (QED) is 0.768. The van der Waals surface area contributed by atoms with Crippen LogP contribution in [-0.2, 0) is 0 Å². The molecular formula is C14H16N2O3. The standard InChI is InChI=1S/C14H16N2O3/c1-2-9(8-17)15-14(19)12-7-13(18)10-5-3-4-6-11(10)16-12/h3-7,9,17H,2,8H2,1H3,(H,15,19)(H,16,18). The summed E-state index contributed by atoms with van der Waals surface area (Å²) in [6.07, 6.45) is 0.625. The number of hydrogen-bond acceptors (Lipinski definition) is 3. The Balaban J connectivity index is 2.35. The third-order valence-corrected chi connectivity index (χ3v) is 3.03. The lowest BCUT2D eigenvalue weighted by Crippen LogP contribution is -2.37. The number of nitrogens with one attached hydrogen (secondary N) is 2. The maximum Gasteiger partial charge on any atom is 0.268 e. The van der Waals surface area contributed by atoms with Gasteiger partial charge >= 0.3 is 0 Å². The fraction of sp³-hybridized carbons (Fsp3) is 0.286. The van der Waals surface area contributed by atoms with Crippen LogP contribution in [0.3, 0.4) is 0 Å². The lowest BCUT2D eigenvalue weighted by molar-refractivity contribution is 0.0910. The molecule has 1 aromatic heterocycles. The van der Waals surface area contributed by atoms with Crippen LogP contribution in [0.15, 0.2) is 35.1 Å². The Morgan fingerprint density at radius 2 is 2.16 bits per heavy atom. The van der Waals surface area contributed by atoms with E-state index in [0.29, 0.717) is 17.3 Å². The molecule has 1 heterocycles. The van der Waals surface area contributed by atoms with Crippen molar-refractivity contribution in [3.05, 3.63) is 46.2 Å². The van der Waals surface area contributed by atoms with Crippen molar-refractivity contribution in [2.75, 3.05) is 6.61 Å². The van der Waals surface area contributed by atoms with Crippen LogP contribution in [0.2, 0.25) is 0 Å². The third kappa shape index (κ3) is 2.82. The second-order valence-corrected chi connectivity index (χ2v) is 4.35. The van der Waals surface area contributed by atoms with Crippen molar-refractivity contribution in [2.45, 2.75) is 19.4 Å². The summed E-state index contributed by atoms with van der Waals surface area (Å²) >= 11 is 0. The van der Waals surface area contributed by atoms with E-state index in [1.54, 1.807) is 24.3 Å². The predicted octanol–water partition coefficient (Wildman–Crippen LogP) is 1.03. The van der Waals surface area contributed by atoms with Crippen LogP contribution < -0.4 is 10.7 Å². The molecule has 0 bridgehead atoms. The summed E-state index contributed by atoms with van der Waals surface area (Å²) in [5.74, 6) is -0.385. The summed E-state index contributed by atoms with van der Waals surface area (Å²) < 4.78 is 0. The Morgan fingerprint density at radius 3 is 2.84 bits per heavy atom. The molecule has 1 aromatic carbocycles. The number of benzene rings is 1. The summed E-state index contributed by atoms with van der Waals surface area (Å²) in [4.78, 5) is 26.8. The van der Waals surface area contributed by atoms with Crippen LogP contribution >= 0.6 is 0 Å². The highest BCUT2D eigenvalue weighted by molar-refractivity contribution is 5.94. The number of H-pyrrole nitrogens is 1. The van der Waals surface area contributed by atoms with Crippen LogP contribution in [-0.4, -0.2) is 28.6 Å². The summed E-state index contributed by atoms with van der Waals surface area (Å²) in [6, 6.07) is 8.00. The molecule has 0 fully saturated rings. The van der Waals surface area contributed by atoms with Crippen molar-refractivity contribution in [1.29, 1.82) is 0 Å². The SMILES string of the molecule is CCC(CO)NC(=O)c1cc(=O)c2ccccc2[nH]1. The minimum absolute atomic E-state index is 0.125. The van der Waals surface area contributed by atoms with Crippen LogP contribution in [0.5, 0.6) is 0 Å². The summed E-state index contributed by atoms with van der Waals surface area (Å²) in [7, 11) is 0. The lowest BCUT2D eigenvalue weighted by atomic mass is 10.2. The Labute approximate surface area is 110 Å². The number of amides is 1. The number of carbonyl (C=O) groups excluding carboxylic acids is 1. The molecule has 5 nitrogen and oxygen atoms in total. The molecule has 19 heavy (non-hydrogen) atoms. The minimum atomic E-state index is -0.385. The van der Waals surface area contributed by atoms with E-state index >= 15 is 0 Å². The van der Waals surface area contributed by atoms with Crippen molar-refractivity contribution in [2.24, 2.45) is 0 Å². The predicted molar refractivity (Wildman–Crippen MR) is 73.2 cm³/mol. The summed E-state index contributed by atoms with van der Waals surface area (Å²) in [5.41, 5.74) is 0.629. The van der Waals surface area contributed by atoms with Gasteiger partial charge in [0.2, 0.25) is 0 Å². The first kappa shape index (κ1) is 13.3. The molecule has 3 N–H and O–H groups in total. The van der Waals surface area contributed by atoms with E-state index in [1.165, 1.54) is 6.07 Å². The first-order valence-electron chi connectivity index (χ1n) is 6.19. The number of carbonyl (C=O) groups is 1. The number of aromatic amines is 1. The van der Waals surface area contributed by atoms with Crippen LogP contribution in [0.1, 0.15) is 23.8 Å². The van der Waals surface area contributed by atoms with E-state index in [0.717, 1.165) is 0 Å². The van der Waals surface area contributed by atoms with E-state index < -0.39 is 0 Å². The fourth-order valence-corrected chi connectivity index (χ4v) is 1.86. The van der Waals surface area contributed by atoms with Crippen molar-refractivity contribution in [3.8, 4) is 0 Å². The molecule has 1 unspecified atom stereocenters. The zero-order valence-corrected chi connectivity index (χ0v) is 10.6. The van der Waals surface area contributed by atoms with Crippen molar-refractivity contribution in [3.63, 3.8) is 0 Å². The Bertz CT molecular complexity index is 644. The Morgan fingerprint density at radius 1 is 1.42 bits per heavy atom. The summed E-state index contributed by atoms with van der Waals surface area (Å²) in [5, 5.41) is 12.3. The Kier molecular flexibility index (Phi) is 3.97. The van der Waals surface area contributed by atoms with Gasteiger partial charge in [-0.15, -0.1) is 0 Å². The minimum Gasteiger partial charge on any atom is -0.394 e. The molecule has 5 heteroatoms. The van der Waals surface area contributed by atoms with Gasteiger partial charge in [0.1, 0.15) is 5.69 Å². The number of fused-ring (bicyclic) bond motifs is 1. The Hall–Kier alpha value is -2.14. The molecule has 0 aliphatic rings. The van der Waals surface area contributed by atoms with Gasteiger partial charge in [-0.05, 0) is 18.6 Å². The number of para-hydroxylation sites is 1. The molecule has 100 valence electrons. The zero-order chi connectivity index (χ0) is 13.8. The van der Waals surface area contributed by atoms with Gasteiger partial charge in [-0.3, -0.25) is 9.59 Å². The molecule has 0 aliphatic heterocycles. The molecule has 0 spiro atoms. The van der Waals surface area contributed by atoms with E-state index in [9.17, 15) is 9.59 Å². The van der Waals surface area contributed by atoms with Gasteiger partial charge in [0.15, 0.2) is 5.43 Å². The molecule has 2 rings (SSSR count). The maximum absolute atomic E-state index is 12.0. The van der Waals surface area contributed by atoms with Crippen LogP contribution in [0, 0.1) is 0 Å². The molecule has 0 saturated carbocycles. The number of rotatable bonds is 4. The second kappa shape index (κ2) is 5.67. The van der Waals surface area contributed by atoms with Gasteiger partial charge in [0.25, 0.3) is 5.91 Å². The van der Waals surface area contributed by atoms with Crippen LogP contribution in [0.25, 0.3) is 10.9 Å². The van der Waals surface area contributed by atoms with E-state index in [1.807, 2.05) is 6.92 Å². The largest absolute Gasteiger partial charge is 0.394 e. The normalized spacial score (nSPS) is 12.3. The highest BCUT2D eigenvalue weighted by Crippen LogP contribution is 2.07. The highest BCUT2D eigenvalue weighted by atomic mass is 16.3. The number of aromatic nitrogens is 1. The molecule has 0 aliphatic carbocycles. The molecule has 1 atom stereocenters. The molecular weight excluding hydrogens is 244 g/mol. The average Bonchev–Trinajstić information content (AvgIpc) is 2.44. The third-order valence-electron chi connectivity index (χ3n) is 3.03. The number of aliphatic hydroxyl groups is 1. The van der Waals surface area contributed by atoms with Gasteiger partial charge < -0.3 is 15.4 Å². The fourth-order valence-electron chi connectivity index (χ4n) is 1.86. The van der Waals surface area contributed by atoms with E-state index in [2.05, 4.69) is 10.3 Å². The van der Waals surface area contributed by atoms with Gasteiger partial charge in [-0.25, -0.2) is 0 Å². The molecule has 1 amide bonds. The topological polar surface area (TPSA) is 82.2 Å². The molecule has 0 saturated heterocycles.